The molecule has 1 rings (SSSR count). The lowest BCUT2D eigenvalue weighted by atomic mass is 9.86. The lowest BCUT2D eigenvalue weighted by molar-refractivity contribution is 0.109. The molecule has 13 heavy (non-hydrogen) atoms. The molecule has 0 aliphatic carbocycles. The van der Waals surface area contributed by atoms with Crippen LogP contribution >= 0.6 is 0 Å². The molecule has 0 fully saturated rings. The van der Waals surface area contributed by atoms with Crippen LogP contribution in [-0.2, 0) is 0 Å². The maximum Gasteiger partial charge on any atom is 0.132 e. The van der Waals surface area contributed by atoms with Crippen molar-refractivity contribution in [1.29, 1.82) is 0 Å². The van der Waals surface area contributed by atoms with Gasteiger partial charge in [-0.1, -0.05) is 19.9 Å². The third-order valence-corrected chi connectivity index (χ3v) is 2.14. The van der Waals surface area contributed by atoms with E-state index in [1.807, 2.05) is 19.9 Å². The van der Waals surface area contributed by atoms with E-state index in [0.717, 1.165) is 0 Å². The normalized spacial score (nSPS) is 14.1. The highest BCUT2D eigenvalue weighted by Gasteiger charge is 2.21. The summed E-state index contributed by atoms with van der Waals surface area (Å²) in [5.41, 5.74) is -0.0633. The molecule has 2 heteroatoms. The van der Waals surface area contributed by atoms with E-state index in [4.69, 9.17) is 4.42 Å². The Morgan fingerprint density at radius 1 is 1.69 bits per heavy atom. The molecule has 1 aromatic heterocycles. The highest BCUT2D eigenvalue weighted by molar-refractivity contribution is 5.04. The Morgan fingerprint density at radius 3 is 2.85 bits per heavy atom. The second-order valence-corrected chi connectivity index (χ2v) is 3.93. The standard InChI is InChI=1S/C11H16O2/c1-4-11(2,3)8-9(12)10-6-5-7-13-10/h4-7,9,12H,1,8H2,2-3H3. The molecule has 0 spiro atoms. The first-order chi connectivity index (χ1) is 6.05. The summed E-state index contributed by atoms with van der Waals surface area (Å²) in [5.74, 6) is 0.620. The molecule has 0 bridgehead atoms. The SMILES string of the molecule is C=CC(C)(C)CC(O)c1ccco1. The van der Waals surface area contributed by atoms with E-state index >= 15 is 0 Å². The number of rotatable bonds is 4. The van der Waals surface area contributed by atoms with Gasteiger partial charge >= 0.3 is 0 Å². The Bertz CT molecular complexity index is 260. The second-order valence-electron chi connectivity index (χ2n) is 3.93. The van der Waals surface area contributed by atoms with Crippen LogP contribution in [0.25, 0.3) is 0 Å². The molecule has 1 N–H and O–H groups in total. The molecule has 0 radical (unpaired) electrons. The molecule has 0 saturated heterocycles. The minimum atomic E-state index is -0.539. The maximum atomic E-state index is 9.73. The molecular weight excluding hydrogens is 164 g/mol. The third kappa shape index (κ3) is 2.74. The smallest absolute Gasteiger partial charge is 0.132 e. The molecule has 1 aromatic rings. The van der Waals surface area contributed by atoms with Gasteiger partial charge in [0.05, 0.1) is 6.26 Å². The van der Waals surface area contributed by atoms with Crippen LogP contribution in [-0.4, -0.2) is 5.11 Å². The van der Waals surface area contributed by atoms with Crippen LogP contribution in [0.4, 0.5) is 0 Å². The van der Waals surface area contributed by atoms with Gasteiger partial charge in [0.2, 0.25) is 0 Å². The Kier molecular flexibility index (Phi) is 2.94. The Hall–Kier alpha value is -1.02. The summed E-state index contributed by atoms with van der Waals surface area (Å²) < 4.78 is 5.10. The molecule has 72 valence electrons. The molecule has 1 unspecified atom stereocenters. The van der Waals surface area contributed by atoms with Crippen LogP contribution in [0.3, 0.4) is 0 Å². The summed E-state index contributed by atoms with van der Waals surface area (Å²) in [6.07, 6.45) is 3.51. The fourth-order valence-corrected chi connectivity index (χ4v) is 1.16. The quantitative estimate of drug-likeness (QED) is 0.723. The van der Waals surface area contributed by atoms with Gasteiger partial charge in [-0.25, -0.2) is 0 Å². The minimum absolute atomic E-state index is 0.0633. The predicted octanol–water partition coefficient (Wildman–Crippen LogP) is 2.92. The third-order valence-electron chi connectivity index (χ3n) is 2.14. The van der Waals surface area contributed by atoms with E-state index in [0.29, 0.717) is 12.2 Å². The van der Waals surface area contributed by atoms with Gasteiger partial charge in [-0.05, 0) is 24.0 Å². The van der Waals surface area contributed by atoms with Crippen LogP contribution in [0.15, 0.2) is 35.5 Å². The molecule has 0 amide bonds. The minimum Gasteiger partial charge on any atom is -0.467 e. The topological polar surface area (TPSA) is 33.4 Å². The Labute approximate surface area is 78.9 Å². The zero-order chi connectivity index (χ0) is 9.90. The van der Waals surface area contributed by atoms with Crippen LogP contribution in [0.1, 0.15) is 32.1 Å². The van der Waals surface area contributed by atoms with E-state index in [1.165, 1.54) is 0 Å². The van der Waals surface area contributed by atoms with Gasteiger partial charge in [-0.2, -0.15) is 0 Å². The van der Waals surface area contributed by atoms with Crippen LogP contribution < -0.4 is 0 Å². The fourth-order valence-electron chi connectivity index (χ4n) is 1.16. The summed E-state index contributed by atoms with van der Waals surface area (Å²) in [6.45, 7) is 7.79. The maximum absolute atomic E-state index is 9.73. The largest absolute Gasteiger partial charge is 0.467 e. The first-order valence-electron chi connectivity index (χ1n) is 4.40. The Morgan fingerprint density at radius 2 is 2.38 bits per heavy atom. The summed E-state index contributed by atoms with van der Waals surface area (Å²) in [7, 11) is 0. The molecule has 0 aliphatic rings. The monoisotopic (exact) mass is 180 g/mol. The number of hydrogen-bond acceptors (Lipinski definition) is 2. The molecule has 1 heterocycles. The van der Waals surface area contributed by atoms with Gasteiger partial charge in [-0.15, -0.1) is 6.58 Å². The summed E-state index contributed by atoms with van der Waals surface area (Å²) >= 11 is 0. The number of aliphatic hydroxyl groups is 1. The van der Waals surface area contributed by atoms with Crippen molar-refractivity contribution < 1.29 is 9.52 Å². The number of aliphatic hydroxyl groups excluding tert-OH is 1. The van der Waals surface area contributed by atoms with Crippen molar-refractivity contribution in [3.63, 3.8) is 0 Å². The number of allylic oxidation sites excluding steroid dienone is 1. The average molecular weight is 180 g/mol. The van der Waals surface area contributed by atoms with Crippen molar-refractivity contribution in [2.24, 2.45) is 5.41 Å². The van der Waals surface area contributed by atoms with Crippen molar-refractivity contribution in [2.75, 3.05) is 0 Å². The van der Waals surface area contributed by atoms with Gasteiger partial charge in [-0.3, -0.25) is 0 Å². The van der Waals surface area contributed by atoms with Gasteiger partial charge in [0.25, 0.3) is 0 Å². The first-order valence-corrected chi connectivity index (χ1v) is 4.40. The predicted molar refractivity (Wildman–Crippen MR) is 52.3 cm³/mol. The van der Waals surface area contributed by atoms with E-state index in [2.05, 4.69) is 6.58 Å². The van der Waals surface area contributed by atoms with Crippen molar-refractivity contribution in [1.82, 2.24) is 0 Å². The number of furan rings is 1. The highest BCUT2D eigenvalue weighted by atomic mass is 16.4. The van der Waals surface area contributed by atoms with E-state index < -0.39 is 6.10 Å². The van der Waals surface area contributed by atoms with E-state index in [-0.39, 0.29) is 5.41 Å². The molecule has 1 atom stereocenters. The fraction of sp³-hybridized carbons (Fsp3) is 0.455. The molecule has 0 aliphatic heterocycles. The lowest BCUT2D eigenvalue weighted by Gasteiger charge is -2.22. The molecule has 0 aromatic carbocycles. The van der Waals surface area contributed by atoms with Gasteiger partial charge in [0, 0.05) is 0 Å². The Balaban J connectivity index is 2.61. The van der Waals surface area contributed by atoms with Gasteiger partial charge in [0.1, 0.15) is 11.9 Å². The summed E-state index contributed by atoms with van der Waals surface area (Å²) in [4.78, 5) is 0. The van der Waals surface area contributed by atoms with E-state index in [1.54, 1.807) is 18.4 Å². The van der Waals surface area contributed by atoms with Gasteiger partial charge in [0.15, 0.2) is 0 Å². The molecule has 0 saturated carbocycles. The second kappa shape index (κ2) is 3.79. The summed E-state index contributed by atoms with van der Waals surface area (Å²) in [6, 6.07) is 3.56. The zero-order valence-electron chi connectivity index (χ0n) is 8.16. The number of hydrogen-bond donors (Lipinski definition) is 1. The lowest BCUT2D eigenvalue weighted by Crippen LogP contribution is -2.12. The van der Waals surface area contributed by atoms with Crippen LogP contribution in [0.5, 0.6) is 0 Å². The average Bonchev–Trinajstić information content (AvgIpc) is 2.55. The van der Waals surface area contributed by atoms with Gasteiger partial charge < -0.3 is 9.52 Å². The van der Waals surface area contributed by atoms with Crippen molar-refractivity contribution >= 4 is 0 Å². The van der Waals surface area contributed by atoms with Crippen molar-refractivity contribution in [3.8, 4) is 0 Å². The van der Waals surface area contributed by atoms with Crippen LogP contribution in [0, 0.1) is 5.41 Å². The summed E-state index contributed by atoms with van der Waals surface area (Å²) in [5, 5.41) is 9.73. The molecular formula is C11H16O2. The van der Waals surface area contributed by atoms with Crippen molar-refractivity contribution in [2.45, 2.75) is 26.4 Å². The zero-order valence-corrected chi connectivity index (χ0v) is 8.16. The molecule has 2 nitrogen and oxygen atoms in total. The highest BCUT2D eigenvalue weighted by Crippen LogP contribution is 2.30. The van der Waals surface area contributed by atoms with Crippen LogP contribution in [0.2, 0.25) is 0 Å². The van der Waals surface area contributed by atoms with Crippen molar-refractivity contribution in [3.05, 3.63) is 36.8 Å². The first kappa shape index (κ1) is 10.1. The van der Waals surface area contributed by atoms with E-state index in [9.17, 15) is 5.11 Å².